The molecular weight excluding hydrogens is 300 g/mol. The number of aromatic nitrogens is 3. The molecule has 3 atom stereocenters. The molecule has 0 saturated carbocycles. The first-order valence-corrected chi connectivity index (χ1v) is 9.47. The Labute approximate surface area is 147 Å². The molecule has 0 bridgehead atoms. The average Bonchev–Trinajstić information content (AvgIpc) is 3.22. The molecule has 1 aliphatic heterocycles. The first kappa shape index (κ1) is 19.1. The Morgan fingerprint density at radius 1 is 1.25 bits per heavy atom. The van der Waals surface area contributed by atoms with Gasteiger partial charge in [0.15, 0.2) is 0 Å². The number of rotatable bonds is 10. The predicted octanol–water partition coefficient (Wildman–Crippen LogP) is 1.74. The van der Waals surface area contributed by atoms with Gasteiger partial charge in [0.05, 0.1) is 40.3 Å². The number of anilines is 1. The molecule has 1 N–H and O–H groups in total. The summed E-state index contributed by atoms with van der Waals surface area (Å²) in [7, 11) is 6.60. The molecule has 6 heteroatoms. The van der Waals surface area contributed by atoms with E-state index in [9.17, 15) is 0 Å². The minimum absolute atomic E-state index is 0.443. The molecule has 1 aliphatic rings. The summed E-state index contributed by atoms with van der Waals surface area (Å²) in [6.45, 7) is 11.3. The van der Waals surface area contributed by atoms with Crippen molar-refractivity contribution < 1.29 is 9.05 Å². The minimum Gasteiger partial charge on any atom is -0.326 e. The lowest BCUT2D eigenvalue weighted by Gasteiger charge is -2.31. The Kier molecular flexibility index (Phi) is 6.52. The van der Waals surface area contributed by atoms with Crippen molar-refractivity contribution in [3.8, 4) is 0 Å². The van der Waals surface area contributed by atoms with Crippen molar-refractivity contribution in [2.75, 3.05) is 45.6 Å². The van der Waals surface area contributed by atoms with Crippen LogP contribution in [0, 0.1) is 0 Å². The zero-order valence-corrected chi connectivity index (χ0v) is 16.4. The zero-order chi connectivity index (χ0) is 17.7. The van der Waals surface area contributed by atoms with E-state index < -0.39 is 0 Å². The highest BCUT2D eigenvalue weighted by atomic mass is 15.4. The summed E-state index contributed by atoms with van der Waals surface area (Å²) in [6, 6.07) is 1.08. The molecule has 136 valence electrons. The number of likely N-dealkylation sites (N-methyl/N-ethyl adjacent to an activating group) is 1. The van der Waals surface area contributed by atoms with Crippen molar-refractivity contribution in [3.05, 3.63) is 12.2 Å². The summed E-state index contributed by atoms with van der Waals surface area (Å²) >= 11 is 0. The molecule has 2 rings (SSSR count). The molecule has 3 unspecified atom stereocenters. The fourth-order valence-electron chi connectivity index (χ4n) is 3.48. The van der Waals surface area contributed by atoms with Crippen molar-refractivity contribution in [1.82, 2.24) is 14.9 Å². The van der Waals surface area contributed by atoms with Crippen LogP contribution < -0.4 is 9.88 Å². The molecule has 0 amide bonds. The largest absolute Gasteiger partial charge is 0.349 e. The SMILES string of the molecule is CCCC1C(c2ncnc(NCCC[N+](C)(CC)CC)[n+]2C)N1C. The molecule has 24 heavy (non-hydrogen) atoms. The second kappa shape index (κ2) is 8.21. The first-order chi connectivity index (χ1) is 11.5. The molecule has 1 fully saturated rings. The molecule has 1 aromatic heterocycles. The zero-order valence-electron chi connectivity index (χ0n) is 16.4. The van der Waals surface area contributed by atoms with Gasteiger partial charge in [0.25, 0.3) is 0 Å². The molecule has 1 saturated heterocycles. The normalized spacial score (nSPS) is 23.3. The van der Waals surface area contributed by atoms with E-state index in [2.05, 4.69) is 66.7 Å². The van der Waals surface area contributed by atoms with Crippen molar-refractivity contribution >= 4 is 5.95 Å². The summed E-state index contributed by atoms with van der Waals surface area (Å²) in [4.78, 5) is 11.4. The summed E-state index contributed by atoms with van der Waals surface area (Å²) in [5.41, 5.74) is 0. The van der Waals surface area contributed by atoms with Gasteiger partial charge in [-0.25, -0.2) is 4.57 Å². The number of nitrogens with zero attached hydrogens (tertiary/aromatic N) is 5. The molecule has 6 nitrogen and oxygen atoms in total. The van der Waals surface area contributed by atoms with Gasteiger partial charge in [0.1, 0.15) is 6.04 Å². The highest BCUT2D eigenvalue weighted by Crippen LogP contribution is 2.41. The molecule has 0 radical (unpaired) electrons. The van der Waals surface area contributed by atoms with Crippen molar-refractivity contribution in [1.29, 1.82) is 0 Å². The van der Waals surface area contributed by atoms with Crippen LogP contribution in [0.4, 0.5) is 5.95 Å². The van der Waals surface area contributed by atoms with E-state index in [0.29, 0.717) is 12.1 Å². The Morgan fingerprint density at radius 2 is 1.96 bits per heavy atom. The van der Waals surface area contributed by atoms with E-state index in [1.165, 1.54) is 32.5 Å². The van der Waals surface area contributed by atoms with Crippen LogP contribution in [0.2, 0.25) is 0 Å². The predicted molar refractivity (Wildman–Crippen MR) is 97.6 cm³/mol. The molecule has 0 aromatic carbocycles. The van der Waals surface area contributed by atoms with E-state index in [4.69, 9.17) is 0 Å². The summed E-state index contributed by atoms with van der Waals surface area (Å²) in [5.74, 6) is 2.05. The van der Waals surface area contributed by atoms with Crippen LogP contribution in [-0.2, 0) is 7.05 Å². The lowest BCUT2D eigenvalue weighted by atomic mass is 10.2. The molecule has 2 heterocycles. The molecule has 0 aliphatic carbocycles. The van der Waals surface area contributed by atoms with Gasteiger partial charge in [0, 0.05) is 12.5 Å². The molecule has 0 spiro atoms. The number of quaternary nitrogens is 1. The third-order valence-corrected chi connectivity index (χ3v) is 5.80. The van der Waals surface area contributed by atoms with Gasteiger partial charge >= 0.3 is 5.95 Å². The molecular formula is C18H36N6+2. The van der Waals surface area contributed by atoms with E-state index in [0.717, 1.165) is 29.2 Å². The van der Waals surface area contributed by atoms with Gasteiger partial charge in [-0.2, -0.15) is 0 Å². The van der Waals surface area contributed by atoms with Crippen LogP contribution in [-0.4, -0.2) is 65.7 Å². The smallest absolute Gasteiger partial charge is 0.326 e. The third-order valence-electron chi connectivity index (χ3n) is 5.80. The Hall–Kier alpha value is -1.27. The topological polar surface area (TPSA) is 44.7 Å². The Bertz CT molecular complexity index is 528. The third kappa shape index (κ3) is 4.22. The fourth-order valence-corrected chi connectivity index (χ4v) is 3.48. The number of hydrogen-bond donors (Lipinski definition) is 1. The van der Waals surface area contributed by atoms with Gasteiger partial charge < -0.3 is 4.48 Å². The van der Waals surface area contributed by atoms with Gasteiger partial charge in [-0.05, 0) is 27.3 Å². The summed E-state index contributed by atoms with van der Waals surface area (Å²) in [5, 5.41) is 3.50. The van der Waals surface area contributed by atoms with Gasteiger partial charge in [0.2, 0.25) is 12.2 Å². The van der Waals surface area contributed by atoms with Crippen molar-refractivity contribution in [3.63, 3.8) is 0 Å². The van der Waals surface area contributed by atoms with Crippen LogP contribution in [0.3, 0.4) is 0 Å². The van der Waals surface area contributed by atoms with E-state index >= 15 is 0 Å². The average molecular weight is 337 g/mol. The van der Waals surface area contributed by atoms with Crippen LogP contribution in [0.15, 0.2) is 6.33 Å². The van der Waals surface area contributed by atoms with E-state index in [1.54, 1.807) is 6.33 Å². The highest BCUT2D eigenvalue weighted by Gasteiger charge is 2.49. The van der Waals surface area contributed by atoms with Crippen LogP contribution in [0.25, 0.3) is 0 Å². The monoisotopic (exact) mass is 336 g/mol. The quantitative estimate of drug-likeness (QED) is 0.306. The Balaban J connectivity index is 1.92. The Morgan fingerprint density at radius 3 is 2.58 bits per heavy atom. The highest BCUT2D eigenvalue weighted by molar-refractivity contribution is 5.17. The van der Waals surface area contributed by atoms with Crippen LogP contribution in [0.5, 0.6) is 0 Å². The van der Waals surface area contributed by atoms with Gasteiger partial charge in [-0.1, -0.05) is 18.3 Å². The maximum Gasteiger partial charge on any atom is 0.349 e. The molecule has 1 aromatic rings. The maximum absolute atomic E-state index is 4.54. The van der Waals surface area contributed by atoms with Gasteiger partial charge in [-0.15, -0.1) is 4.98 Å². The van der Waals surface area contributed by atoms with Crippen LogP contribution >= 0.6 is 0 Å². The number of hydrogen-bond acceptors (Lipinski definition) is 4. The first-order valence-electron chi connectivity index (χ1n) is 9.47. The second-order valence-electron chi connectivity index (χ2n) is 7.34. The maximum atomic E-state index is 4.54. The van der Waals surface area contributed by atoms with Crippen molar-refractivity contribution in [2.24, 2.45) is 7.05 Å². The fraction of sp³-hybridized carbons (Fsp3) is 0.833. The summed E-state index contributed by atoms with van der Waals surface area (Å²) < 4.78 is 3.26. The van der Waals surface area contributed by atoms with Crippen LogP contribution in [0.1, 0.15) is 51.9 Å². The minimum atomic E-state index is 0.443. The lowest BCUT2D eigenvalue weighted by molar-refractivity contribution is -0.906. The van der Waals surface area contributed by atoms with E-state index in [-0.39, 0.29) is 0 Å². The second-order valence-corrected chi connectivity index (χ2v) is 7.34. The van der Waals surface area contributed by atoms with Gasteiger partial charge in [-0.3, -0.25) is 10.2 Å². The number of nitrogens with one attached hydrogen (secondary N) is 1. The van der Waals surface area contributed by atoms with E-state index in [1.807, 2.05) is 0 Å². The standard InChI is InChI=1S/C18H35N6/c1-7-11-15-16(22(15)4)17-20-14-21-18(23(17)5)19-12-10-13-24(6,8-2)9-3/h14-16H,7-13H2,1-6H3/q+1/p+1. The van der Waals surface area contributed by atoms with Crippen molar-refractivity contribution in [2.45, 2.75) is 52.1 Å². The lowest BCUT2D eigenvalue weighted by Crippen LogP contribution is -2.45. The summed E-state index contributed by atoms with van der Waals surface area (Å²) in [6.07, 6.45) is 5.31.